The van der Waals surface area contributed by atoms with E-state index < -0.39 is 15.8 Å². The van der Waals surface area contributed by atoms with Crippen LogP contribution in [0.1, 0.15) is 12.8 Å². The number of aromatic nitrogens is 4. The van der Waals surface area contributed by atoms with Crippen LogP contribution in [0, 0.1) is 5.82 Å². The zero-order chi connectivity index (χ0) is 15.6. The summed E-state index contributed by atoms with van der Waals surface area (Å²) in [6.45, 7) is 0.591. The molecule has 22 heavy (non-hydrogen) atoms. The van der Waals surface area contributed by atoms with E-state index in [9.17, 15) is 12.8 Å². The van der Waals surface area contributed by atoms with E-state index in [-0.39, 0.29) is 23.7 Å². The minimum Gasteiger partial charge on any atom is -0.459 e. The number of rotatable bonds is 4. The molecule has 1 aliphatic heterocycles. The van der Waals surface area contributed by atoms with E-state index in [0.717, 1.165) is 12.4 Å². The molecule has 2 aromatic rings. The second-order valence-electron chi connectivity index (χ2n) is 4.84. The van der Waals surface area contributed by atoms with E-state index in [4.69, 9.17) is 4.74 Å². The molecule has 1 aliphatic rings. The maximum absolute atomic E-state index is 12.8. The molecular formula is C12H14FN5O3S. The zero-order valence-corrected chi connectivity index (χ0v) is 12.3. The highest BCUT2D eigenvalue weighted by Gasteiger charge is 2.32. The smallest absolute Gasteiger partial charge is 0.316 e. The van der Waals surface area contributed by atoms with Gasteiger partial charge < -0.3 is 9.72 Å². The molecule has 2 aromatic heterocycles. The number of H-pyrrole nitrogens is 1. The van der Waals surface area contributed by atoms with Gasteiger partial charge in [-0.1, -0.05) is 0 Å². The maximum Gasteiger partial charge on any atom is 0.316 e. The lowest BCUT2D eigenvalue weighted by Crippen LogP contribution is -2.44. The number of piperidine rings is 1. The highest BCUT2D eigenvalue weighted by atomic mass is 32.2. The highest BCUT2D eigenvalue weighted by Crippen LogP contribution is 2.21. The molecule has 10 heteroatoms. The summed E-state index contributed by atoms with van der Waals surface area (Å²) < 4.78 is 44.4. The number of ether oxygens (including phenoxy) is 1. The van der Waals surface area contributed by atoms with Crippen LogP contribution in [0.4, 0.5) is 4.39 Å². The zero-order valence-electron chi connectivity index (χ0n) is 11.5. The Morgan fingerprint density at radius 3 is 2.77 bits per heavy atom. The lowest BCUT2D eigenvalue weighted by atomic mass is 10.1. The molecule has 118 valence electrons. The number of hydrogen-bond donors (Lipinski definition) is 1. The second kappa shape index (κ2) is 5.97. The lowest BCUT2D eigenvalue weighted by Gasteiger charge is -2.30. The molecule has 3 rings (SSSR count). The largest absolute Gasteiger partial charge is 0.459 e. The fourth-order valence-corrected chi connectivity index (χ4v) is 3.66. The Morgan fingerprint density at radius 1 is 1.32 bits per heavy atom. The Bertz CT molecular complexity index is 720. The standard InChI is InChI=1S/C12H14FN5O3S/c13-9-4-15-12(16-5-9)21-10-2-1-3-18(7-10)22(19,20)11-6-14-8-17-11/h4-6,8,10H,1-3,7H2,(H,14,17). The van der Waals surface area contributed by atoms with Crippen LogP contribution in [0.5, 0.6) is 6.01 Å². The van der Waals surface area contributed by atoms with Crippen LogP contribution in [0.3, 0.4) is 0 Å². The van der Waals surface area contributed by atoms with Crippen molar-refractivity contribution in [2.75, 3.05) is 13.1 Å². The van der Waals surface area contributed by atoms with Crippen molar-refractivity contribution in [2.45, 2.75) is 24.0 Å². The highest BCUT2D eigenvalue weighted by molar-refractivity contribution is 7.89. The number of imidazole rings is 1. The van der Waals surface area contributed by atoms with Gasteiger partial charge in [-0.25, -0.2) is 27.8 Å². The van der Waals surface area contributed by atoms with Gasteiger partial charge in [0.05, 0.1) is 31.5 Å². The van der Waals surface area contributed by atoms with Gasteiger partial charge in [-0.05, 0) is 12.8 Å². The summed E-state index contributed by atoms with van der Waals surface area (Å²) in [5.74, 6) is -0.556. The molecule has 3 heterocycles. The normalized spacial score (nSPS) is 20.0. The topological polar surface area (TPSA) is 101 Å². The molecular weight excluding hydrogens is 313 g/mol. The first kappa shape index (κ1) is 14.9. The monoisotopic (exact) mass is 327 g/mol. The first-order valence-corrected chi connectivity index (χ1v) is 8.12. The number of sulfonamides is 1. The van der Waals surface area contributed by atoms with E-state index >= 15 is 0 Å². The molecule has 0 bridgehead atoms. The average molecular weight is 327 g/mol. The first-order chi connectivity index (χ1) is 10.6. The minimum absolute atomic E-state index is 0.0344. The summed E-state index contributed by atoms with van der Waals surface area (Å²) >= 11 is 0. The van der Waals surface area contributed by atoms with Crippen molar-refractivity contribution in [3.8, 4) is 6.01 Å². The molecule has 0 radical (unpaired) electrons. The lowest BCUT2D eigenvalue weighted by molar-refractivity contribution is 0.118. The maximum atomic E-state index is 12.8. The molecule has 1 N–H and O–H groups in total. The number of halogens is 1. The van der Waals surface area contributed by atoms with Crippen LogP contribution in [-0.4, -0.2) is 51.9 Å². The fraction of sp³-hybridized carbons (Fsp3) is 0.417. The van der Waals surface area contributed by atoms with Crippen LogP contribution in [0.15, 0.2) is 29.9 Å². The van der Waals surface area contributed by atoms with Gasteiger partial charge in [-0.3, -0.25) is 0 Å². The molecule has 0 aliphatic carbocycles. The quantitative estimate of drug-likeness (QED) is 0.881. The minimum atomic E-state index is -3.62. The Kier molecular flexibility index (Phi) is 4.03. The number of nitrogens with zero attached hydrogens (tertiary/aromatic N) is 4. The molecule has 1 unspecified atom stereocenters. The molecule has 1 fully saturated rings. The number of hydrogen-bond acceptors (Lipinski definition) is 6. The van der Waals surface area contributed by atoms with Gasteiger partial charge in [0, 0.05) is 6.54 Å². The van der Waals surface area contributed by atoms with E-state index in [2.05, 4.69) is 19.9 Å². The van der Waals surface area contributed by atoms with Crippen LogP contribution >= 0.6 is 0 Å². The van der Waals surface area contributed by atoms with E-state index in [1.165, 1.54) is 16.8 Å². The third kappa shape index (κ3) is 3.07. The van der Waals surface area contributed by atoms with Crippen molar-refractivity contribution in [1.82, 2.24) is 24.2 Å². The van der Waals surface area contributed by atoms with Gasteiger partial charge in [0.25, 0.3) is 10.0 Å². The van der Waals surface area contributed by atoms with E-state index in [1.807, 2.05) is 0 Å². The predicted molar refractivity (Wildman–Crippen MR) is 73.0 cm³/mol. The fourth-order valence-electron chi connectivity index (χ4n) is 2.25. The summed E-state index contributed by atoms with van der Waals surface area (Å²) in [4.78, 5) is 13.8. The molecule has 1 saturated heterocycles. The Balaban J connectivity index is 1.70. The Labute approximate surface area is 126 Å². The van der Waals surface area contributed by atoms with Gasteiger partial charge in [-0.2, -0.15) is 4.31 Å². The summed E-state index contributed by atoms with van der Waals surface area (Å²) in [5.41, 5.74) is 0. The molecule has 0 amide bonds. The van der Waals surface area contributed by atoms with Gasteiger partial charge in [0.2, 0.25) is 0 Å². The van der Waals surface area contributed by atoms with Crippen molar-refractivity contribution in [1.29, 1.82) is 0 Å². The molecule has 1 atom stereocenters. The average Bonchev–Trinajstić information content (AvgIpc) is 3.05. The third-order valence-corrected chi connectivity index (χ3v) is 5.09. The summed E-state index contributed by atoms with van der Waals surface area (Å²) in [7, 11) is -3.62. The predicted octanol–water partition coefficient (Wildman–Crippen LogP) is 0.571. The van der Waals surface area contributed by atoms with Crippen molar-refractivity contribution in [3.05, 3.63) is 30.7 Å². The SMILES string of the molecule is O=S(=O)(c1cnc[nH]1)N1CCCC(Oc2ncc(F)cn2)C1. The van der Waals surface area contributed by atoms with Gasteiger partial charge in [-0.15, -0.1) is 0 Å². The Morgan fingerprint density at radius 2 is 2.09 bits per heavy atom. The molecule has 0 aromatic carbocycles. The van der Waals surface area contributed by atoms with Crippen LogP contribution < -0.4 is 4.74 Å². The van der Waals surface area contributed by atoms with Gasteiger partial charge in [0.1, 0.15) is 6.10 Å². The Hall–Kier alpha value is -2.07. The van der Waals surface area contributed by atoms with Crippen molar-refractivity contribution in [3.63, 3.8) is 0 Å². The van der Waals surface area contributed by atoms with Crippen molar-refractivity contribution in [2.24, 2.45) is 0 Å². The van der Waals surface area contributed by atoms with Gasteiger partial charge >= 0.3 is 6.01 Å². The van der Waals surface area contributed by atoms with Crippen molar-refractivity contribution < 1.29 is 17.5 Å². The number of nitrogens with one attached hydrogen (secondary N) is 1. The summed E-state index contributed by atoms with van der Waals surface area (Å²) in [5, 5.41) is 0.0474. The van der Waals surface area contributed by atoms with Crippen LogP contribution in [0.25, 0.3) is 0 Å². The van der Waals surface area contributed by atoms with Crippen molar-refractivity contribution >= 4 is 10.0 Å². The van der Waals surface area contributed by atoms with E-state index in [1.54, 1.807) is 0 Å². The van der Waals surface area contributed by atoms with E-state index in [0.29, 0.717) is 19.4 Å². The third-order valence-electron chi connectivity index (χ3n) is 3.30. The first-order valence-electron chi connectivity index (χ1n) is 6.68. The summed E-state index contributed by atoms with van der Waals surface area (Å²) in [6.07, 6.45) is 5.54. The molecule has 0 saturated carbocycles. The van der Waals surface area contributed by atoms with Gasteiger partial charge in [0.15, 0.2) is 10.8 Å². The molecule has 8 nitrogen and oxygen atoms in total. The summed E-state index contributed by atoms with van der Waals surface area (Å²) in [6, 6.07) is 0.0344. The molecule has 0 spiro atoms. The van der Waals surface area contributed by atoms with Crippen LogP contribution in [0.2, 0.25) is 0 Å². The van der Waals surface area contributed by atoms with Crippen LogP contribution in [-0.2, 0) is 10.0 Å². The number of aromatic amines is 1. The second-order valence-corrected chi connectivity index (χ2v) is 6.75.